The van der Waals surface area contributed by atoms with E-state index in [1.54, 1.807) is 12.1 Å². The molecule has 1 amide bonds. The zero-order chi connectivity index (χ0) is 12.0. The molecule has 84 valence electrons. The highest BCUT2D eigenvalue weighted by atomic mass is 19.1. The lowest BCUT2D eigenvalue weighted by Gasteiger charge is -2.13. The molecule has 0 saturated heterocycles. The molecule has 0 bridgehead atoms. The lowest BCUT2D eigenvalue weighted by Crippen LogP contribution is -2.26. The standard InChI is InChI=1S/C13H14FNO/c1-3-4-5-13(16)15-10(2)11-6-8-12(14)9-7-11/h1,6-10H,4-5H2,2H3,(H,15,16). The summed E-state index contributed by atoms with van der Waals surface area (Å²) in [4.78, 5) is 11.4. The first-order valence-electron chi connectivity index (χ1n) is 5.11. The molecule has 1 aromatic carbocycles. The Morgan fingerprint density at radius 1 is 1.50 bits per heavy atom. The summed E-state index contributed by atoms with van der Waals surface area (Å²) in [7, 11) is 0. The Morgan fingerprint density at radius 3 is 2.69 bits per heavy atom. The molecule has 1 rings (SSSR count). The summed E-state index contributed by atoms with van der Waals surface area (Å²) < 4.78 is 12.7. The maximum absolute atomic E-state index is 12.7. The smallest absolute Gasteiger partial charge is 0.221 e. The van der Waals surface area contributed by atoms with Crippen LogP contribution in [0.2, 0.25) is 0 Å². The van der Waals surface area contributed by atoms with Gasteiger partial charge in [-0.25, -0.2) is 4.39 Å². The number of hydrogen-bond donors (Lipinski definition) is 1. The minimum absolute atomic E-state index is 0.0882. The molecule has 0 aliphatic carbocycles. The third-order valence-electron chi connectivity index (χ3n) is 2.24. The number of halogens is 1. The van der Waals surface area contributed by atoms with Crippen LogP contribution in [0.4, 0.5) is 4.39 Å². The quantitative estimate of drug-likeness (QED) is 0.774. The molecule has 1 N–H and O–H groups in total. The fourth-order valence-electron chi connectivity index (χ4n) is 1.33. The second-order valence-electron chi connectivity index (χ2n) is 3.54. The first-order chi connectivity index (χ1) is 7.63. The first kappa shape index (κ1) is 12.3. The predicted octanol–water partition coefficient (Wildman–Crippen LogP) is 2.42. The van der Waals surface area contributed by atoms with E-state index in [0.717, 1.165) is 5.56 Å². The zero-order valence-electron chi connectivity index (χ0n) is 9.16. The fraction of sp³-hybridized carbons (Fsp3) is 0.308. The van der Waals surface area contributed by atoms with Gasteiger partial charge in [0, 0.05) is 12.8 Å². The van der Waals surface area contributed by atoms with Crippen molar-refractivity contribution in [2.24, 2.45) is 0 Å². The first-order valence-corrected chi connectivity index (χ1v) is 5.11. The third-order valence-corrected chi connectivity index (χ3v) is 2.24. The number of nitrogens with one attached hydrogen (secondary N) is 1. The van der Waals surface area contributed by atoms with Gasteiger partial charge in [-0.05, 0) is 24.6 Å². The summed E-state index contributed by atoms with van der Waals surface area (Å²) in [5, 5.41) is 2.79. The third kappa shape index (κ3) is 3.74. The number of amides is 1. The molecule has 1 atom stereocenters. The van der Waals surface area contributed by atoms with Crippen LogP contribution in [0.25, 0.3) is 0 Å². The van der Waals surface area contributed by atoms with Crippen LogP contribution in [-0.4, -0.2) is 5.91 Å². The molecule has 0 saturated carbocycles. The van der Waals surface area contributed by atoms with E-state index in [1.165, 1.54) is 12.1 Å². The average molecular weight is 219 g/mol. The van der Waals surface area contributed by atoms with Crippen molar-refractivity contribution in [3.05, 3.63) is 35.6 Å². The molecule has 0 radical (unpaired) electrons. The highest BCUT2D eigenvalue weighted by molar-refractivity contribution is 5.76. The summed E-state index contributed by atoms with van der Waals surface area (Å²) in [6, 6.07) is 5.92. The van der Waals surface area contributed by atoms with Crippen LogP contribution in [0.1, 0.15) is 31.4 Å². The van der Waals surface area contributed by atoms with E-state index >= 15 is 0 Å². The molecule has 0 fully saturated rings. The Labute approximate surface area is 94.9 Å². The second-order valence-corrected chi connectivity index (χ2v) is 3.54. The molecular weight excluding hydrogens is 205 g/mol. The van der Waals surface area contributed by atoms with Crippen molar-refractivity contribution in [3.63, 3.8) is 0 Å². The van der Waals surface area contributed by atoms with E-state index in [0.29, 0.717) is 12.8 Å². The van der Waals surface area contributed by atoms with Gasteiger partial charge >= 0.3 is 0 Å². The van der Waals surface area contributed by atoms with Crippen molar-refractivity contribution < 1.29 is 9.18 Å². The predicted molar refractivity (Wildman–Crippen MR) is 61.0 cm³/mol. The van der Waals surface area contributed by atoms with Gasteiger partial charge in [-0.2, -0.15) is 0 Å². The minimum atomic E-state index is -0.283. The van der Waals surface area contributed by atoms with Crippen LogP contribution < -0.4 is 5.32 Å². The van der Waals surface area contributed by atoms with Gasteiger partial charge in [-0.3, -0.25) is 4.79 Å². The maximum Gasteiger partial charge on any atom is 0.221 e. The fourth-order valence-corrected chi connectivity index (χ4v) is 1.33. The summed E-state index contributed by atoms with van der Waals surface area (Å²) in [5.74, 6) is 2.04. The summed E-state index contributed by atoms with van der Waals surface area (Å²) in [6.07, 6.45) is 5.82. The molecule has 0 spiro atoms. The van der Waals surface area contributed by atoms with Crippen LogP contribution >= 0.6 is 0 Å². The molecule has 2 nitrogen and oxygen atoms in total. The molecule has 0 heterocycles. The molecular formula is C13H14FNO. The van der Waals surface area contributed by atoms with E-state index in [9.17, 15) is 9.18 Å². The Hall–Kier alpha value is -1.82. The van der Waals surface area contributed by atoms with Crippen LogP contribution in [0.3, 0.4) is 0 Å². The van der Waals surface area contributed by atoms with Crippen LogP contribution in [0.15, 0.2) is 24.3 Å². The van der Waals surface area contributed by atoms with Gasteiger partial charge in [-0.1, -0.05) is 12.1 Å². The summed E-state index contributed by atoms with van der Waals surface area (Å²) in [5.41, 5.74) is 0.871. The molecule has 0 aliphatic rings. The van der Waals surface area contributed by atoms with Gasteiger partial charge in [0.15, 0.2) is 0 Å². The lowest BCUT2D eigenvalue weighted by molar-refractivity contribution is -0.121. The number of carbonyl (C=O) groups excluding carboxylic acids is 1. The molecule has 16 heavy (non-hydrogen) atoms. The van der Waals surface area contributed by atoms with E-state index in [1.807, 2.05) is 6.92 Å². The molecule has 0 aromatic heterocycles. The topological polar surface area (TPSA) is 29.1 Å². The number of terminal acetylenes is 1. The van der Waals surface area contributed by atoms with Gasteiger partial charge in [0.2, 0.25) is 5.91 Å². The van der Waals surface area contributed by atoms with Crippen molar-refractivity contribution in [1.82, 2.24) is 5.32 Å². The zero-order valence-corrected chi connectivity index (χ0v) is 9.16. The number of carbonyl (C=O) groups is 1. The normalized spacial score (nSPS) is 11.6. The molecule has 3 heteroatoms. The number of hydrogen-bond acceptors (Lipinski definition) is 1. The number of benzene rings is 1. The Bertz CT molecular complexity index is 391. The molecule has 1 aromatic rings. The SMILES string of the molecule is C#CCCC(=O)NC(C)c1ccc(F)cc1. The summed E-state index contributed by atoms with van der Waals surface area (Å²) >= 11 is 0. The summed E-state index contributed by atoms with van der Waals surface area (Å²) in [6.45, 7) is 1.85. The molecule has 0 aliphatic heterocycles. The van der Waals surface area contributed by atoms with Crippen molar-refractivity contribution in [2.45, 2.75) is 25.8 Å². The lowest BCUT2D eigenvalue weighted by atomic mass is 10.1. The average Bonchev–Trinajstić information content (AvgIpc) is 2.27. The number of rotatable bonds is 4. The van der Waals surface area contributed by atoms with Gasteiger partial charge in [0.1, 0.15) is 5.82 Å². The van der Waals surface area contributed by atoms with Crippen LogP contribution in [0, 0.1) is 18.2 Å². The van der Waals surface area contributed by atoms with Crippen molar-refractivity contribution in [2.75, 3.05) is 0 Å². The Balaban J connectivity index is 2.52. The second kappa shape index (κ2) is 5.92. The van der Waals surface area contributed by atoms with Crippen molar-refractivity contribution in [3.8, 4) is 12.3 Å². The Morgan fingerprint density at radius 2 is 2.12 bits per heavy atom. The van der Waals surface area contributed by atoms with Crippen molar-refractivity contribution >= 4 is 5.91 Å². The largest absolute Gasteiger partial charge is 0.350 e. The maximum atomic E-state index is 12.7. The van der Waals surface area contributed by atoms with E-state index in [-0.39, 0.29) is 17.8 Å². The van der Waals surface area contributed by atoms with Gasteiger partial charge in [0.05, 0.1) is 6.04 Å². The minimum Gasteiger partial charge on any atom is -0.350 e. The van der Waals surface area contributed by atoms with E-state index in [2.05, 4.69) is 11.2 Å². The molecule has 1 unspecified atom stereocenters. The highest BCUT2D eigenvalue weighted by Crippen LogP contribution is 2.12. The van der Waals surface area contributed by atoms with Crippen molar-refractivity contribution in [1.29, 1.82) is 0 Å². The van der Waals surface area contributed by atoms with Gasteiger partial charge in [-0.15, -0.1) is 12.3 Å². The Kier molecular flexibility index (Phi) is 4.53. The highest BCUT2D eigenvalue weighted by Gasteiger charge is 2.08. The van der Waals surface area contributed by atoms with Crippen LogP contribution in [0.5, 0.6) is 0 Å². The monoisotopic (exact) mass is 219 g/mol. The van der Waals surface area contributed by atoms with Gasteiger partial charge in [0.25, 0.3) is 0 Å². The van der Waals surface area contributed by atoms with E-state index in [4.69, 9.17) is 6.42 Å². The van der Waals surface area contributed by atoms with Crippen LogP contribution in [-0.2, 0) is 4.79 Å². The van der Waals surface area contributed by atoms with Gasteiger partial charge < -0.3 is 5.32 Å². The van der Waals surface area contributed by atoms with E-state index < -0.39 is 0 Å².